The Kier molecular flexibility index (Phi) is 5.44. The lowest BCUT2D eigenvalue weighted by atomic mass is 9.99. The van der Waals surface area contributed by atoms with Gasteiger partial charge in [-0.2, -0.15) is 0 Å². The maximum atomic E-state index is 10.9. The lowest BCUT2D eigenvalue weighted by Gasteiger charge is -2.29. The molecule has 4 nitrogen and oxygen atoms in total. The number of aliphatic hydroxyl groups is 2. The Balaban J connectivity index is 4.19. The minimum absolute atomic E-state index is 0.175. The molecule has 0 aliphatic rings. The molecule has 0 unspecified atom stereocenters. The normalized spacial score (nSPS) is 11.3. The van der Waals surface area contributed by atoms with Gasteiger partial charge in [-0.3, -0.25) is 4.79 Å². The molecule has 0 aliphatic carbocycles. The highest BCUT2D eigenvalue weighted by atomic mass is 79.9. The van der Waals surface area contributed by atoms with E-state index >= 15 is 0 Å². The molecule has 1 amide bonds. The number of amides is 1. The predicted molar refractivity (Wildman–Crippen MR) is 49.1 cm³/mol. The van der Waals surface area contributed by atoms with Crippen molar-refractivity contribution < 1.29 is 15.0 Å². The summed E-state index contributed by atoms with van der Waals surface area (Å²) in [4.78, 5) is 10.9. The maximum Gasteiger partial charge on any atom is 0.231 e. The van der Waals surface area contributed by atoms with Crippen LogP contribution in [0.2, 0.25) is 0 Å². The van der Waals surface area contributed by atoms with Gasteiger partial charge < -0.3 is 15.5 Å². The van der Waals surface area contributed by atoms with Crippen molar-refractivity contribution in [2.45, 2.75) is 18.9 Å². The van der Waals surface area contributed by atoms with Crippen LogP contribution in [0.4, 0.5) is 0 Å². The fourth-order valence-corrected chi connectivity index (χ4v) is 0.910. The first kappa shape index (κ1) is 11.9. The lowest BCUT2D eigenvalue weighted by molar-refractivity contribution is -0.121. The van der Waals surface area contributed by atoms with Crippen molar-refractivity contribution in [1.29, 1.82) is 0 Å². The van der Waals surface area contributed by atoms with Crippen LogP contribution in [0, 0.1) is 0 Å². The largest absolute Gasteiger partial charge is 0.394 e. The zero-order valence-electron chi connectivity index (χ0n) is 7.01. The lowest BCUT2D eigenvalue weighted by Crippen LogP contribution is -2.54. The summed E-state index contributed by atoms with van der Waals surface area (Å²) in [5.74, 6) is -0.236. The molecule has 0 spiro atoms. The molecule has 0 saturated heterocycles. The van der Waals surface area contributed by atoms with Crippen LogP contribution in [0.1, 0.15) is 13.3 Å². The predicted octanol–water partition coefficient (Wildman–Crippen LogP) is -0.369. The molecule has 0 saturated carbocycles. The van der Waals surface area contributed by atoms with Gasteiger partial charge in [0.15, 0.2) is 0 Å². The number of hydrogen-bond donors (Lipinski definition) is 3. The molecule has 5 heteroatoms. The summed E-state index contributed by atoms with van der Waals surface area (Å²) in [6.07, 6.45) is 0.499. The second-order valence-corrected chi connectivity index (χ2v) is 3.19. The van der Waals surface area contributed by atoms with Crippen LogP contribution in [-0.2, 0) is 4.79 Å². The van der Waals surface area contributed by atoms with Gasteiger partial charge in [-0.25, -0.2) is 0 Å². The molecule has 0 aromatic heterocycles. The summed E-state index contributed by atoms with van der Waals surface area (Å²) in [6, 6.07) is 0. The highest BCUT2D eigenvalue weighted by Crippen LogP contribution is 2.07. The van der Waals surface area contributed by atoms with Crippen molar-refractivity contribution in [3.05, 3.63) is 0 Å². The molecular weight excluding hydrogens is 226 g/mol. The van der Waals surface area contributed by atoms with Gasteiger partial charge in [0, 0.05) is 0 Å². The molecule has 0 heterocycles. The third-order valence-electron chi connectivity index (χ3n) is 1.81. The topological polar surface area (TPSA) is 69.6 Å². The quantitative estimate of drug-likeness (QED) is 0.574. The van der Waals surface area contributed by atoms with Gasteiger partial charge in [-0.15, -0.1) is 0 Å². The zero-order chi connectivity index (χ0) is 9.61. The Hall–Kier alpha value is -0.130. The maximum absolute atomic E-state index is 10.9. The van der Waals surface area contributed by atoms with E-state index < -0.39 is 5.54 Å². The van der Waals surface area contributed by atoms with E-state index in [0.29, 0.717) is 6.42 Å². The van der Waals surface area contributed by atoms with Crippen molar-refractivity contribution in [3.63, 3.8) is 0 Å². The van der Waals surface area contributed by atoms with E-state index in [0.717, 1.165) is 0 Å². The molecule has 0 aromatic rings. The molecule has 12 heavy (non-hydrogen) atoms. The molecule has 0 radical (unpaired) electrons. The number of hydrogen-bond acceptors (Lipinski definition) is 3. The molecule has 0 fully saturated rings. The number of carbonyl (C=O) groups excluding carboxylic acids is 1. The van der Waals surface area contributed by atoms with Gasteiger partial charge in [0.25, 0.3) is 0 Å². The van der Waals surface area contributed by atoms with E-state index in [4.69, 9.17) is 10.2 Å². The van der Waals surface area contributed by atoms with E-state index in [1.54, 1.807) is 6.92 Å². The molecule has 0 aliphatic heterocycles. The van der Waals surface area contributed by atoms with Crippen molar-refractivity contribution in [3.8, 4) is 0 Å². The van der Waals surface area contributed by atoms with Crippen LogP contribution in [0.3, 0.4) is 0 Å². The number of halogens is 1. The van der Waals surface area contributed by atoms with Gasteiger partial charge in [0.05, 0.1) is 24.1 Å². The number of rotatable bonds is 5. The molecule has 72 valence electrons. The number of aliphatic hydroxyl groups excluding tert-OH is 2. The highest BCUT2D eigenvalue weighted by Gasteiger charge is 2.27. The molecule has 0 rings (SSSR count). The Morgan fingerprint density at radius 2 is 2.00 bits per heavy atom. The summed E-state index contributed by atoms with van der Waals surface area (Å²) in [5.41, 5.74) is -0.870. The average molecular weight is 240 g/mol. The van der Waals surface area contributed by atoms with Gasteiger partial charge in [0.2, 0.25) is 5.91 Å². The molecule has 0 bridgehead atoms. The number of nitrogens with one attached hydrogen (secondary N) is 1. The Morgan fingerprint density at radius 1 is 1.50 bits per heavy atom. The monoisotopic (exact) mass is 239 g/mol. The first-order chi connectivity index (χ1) is 5.64. The Morgan fingerprint density at radius 3 is 2.25 bits per heavy atom. The summed E-state index contributed by atoms with van der Waals surface area (Å²) >= 11 is 2.98. The van der Waals surface area contributed by atoms with Gasteiger partial charge in [-0.1, -0.05) is 22.9 Å². The Bertz CT molecular complexity index is 139. The van der Waals surface area contributed by atoms with E-state index in [1.165, 1.54) is 0 Å². The first-order valence-corrected chi connectivity index (χ1v) is 4.85. The van der Waals surface area contributed by atoms with E-state index in [-0.39, 0.29) is 24.5 Å². The van der Waals surface area contributed by atoms with Gasteiger partial charge in [-0.05, 0) is 6.42 Å². The number of carbonyl (C=O) groups is 1. The van der Waals surface area contributed by atoms with Gasteiger partial charge in [0.1, 0.15) is 0 Å². The zero-order valence-corrected chi connectivity index (χ0v) is 8.60. The van der Waals surface area contributed by atoms with Crippen LogP contribution in [0.5, 0.6) is 0 Å². The van der Waals surface area contributed by atoms with Gasteiger partial charge >= 0.3 is 0 Å². The molecular formula is C7H14BrNO3. The van der Waals surface area contributed by atoms with E-state index in [9.17, 15) is 4.79 Å². The van der Waals surface area contributed by atoms with Crippen molar-refractivity contribution >= 4 is 21.8 Å². The summed E-state index contributed by atoms with van der Waals surface area (Å²) in [7, 11) is 0. The summed E-state index contributed by atoms with van der Waals surface area (Å²) in [5, 5.41) is 20.6. The fraction of sp³-hybridized carbons (Fsp3) is 0.857. The smallest absolute Gasteiger partial charge is 0.231 e. The SMILES string of the molecule is CCC(CO)(CO)NC(=O)CBr. The fourth-order valence-electron chi connectivity index (χ4n) is 0.770. The van der Waals surface area contributed by atoms with Crippen LogP contribution in [0.25, 0.3) is 0 Å². The van der Waals surface area contributed by atoms with E-state index in [1.807, 2.05) is 0 Å². The first-order valence-electron chi connectivity index (χ1n) is 3.73. The molecule has 0 aromatic carbocycles. The Labute approximate surface area is 80.1 Å². The highest BCUT2D eigenvalue weighted by molar-refractivity contribution is 9.09. The minimum atomic E-state index is -0.870. The third-order valence-corrected chi connectivity index (χ3v) is 2.32. The van der Waals surface area contributed by atoms with Crippen LogP contribution in [0.15, 0.2) is 0 Å². The summed E-state index contributed by atoms with van der Waals surface area (Å²) in [6.45, 7) is 1.29. The van der Waals surface area contributed by atoms with Crippen molar-refractivity contribution in [2.75, 3.05) is 18.5 Å². The van der Waals surface area contributed by atoms with Crippen LogP contribution < -0.4 is 5.32 Å². The second-order valence-electron chi connectivity index (χ2n) is 2.63. The average Bonchev–Trinajstić information content (AvgIpc) is 2.14. The van der Waals surface area contributed by atoms with Crippen LogP contribution >= 0.6 is 15.9 Å². The van der Waals surface area contributed by atoms with Crippen molar-refractivity contribution in [2.24, 2.45) is 0 Å². The van der Waals surface area contributed by atoms with E-state index in [2.05, 4.69) is 21.2 Å². The molecule has 3 N–H and O–H groups in total. The third kappa shape index (κ3) is 3.08. The standard InChI is InChI=1S/C7H14BrNO3/c1-2-7(4-10,5-11)9-6(12)3-8/h10-11H,2-5H2,1H3,(H,9,12). The second kappa shape index (κ2) is 5.50. The summed E-state index contributed by atoms with van der Waals surface area (Å²) < 4.78 is 0. The molecule has 0 atom stereocenters. The number of alkyl halides is 1. The van der Waals surface area contributed by atoms with Crippen molar-refractivity contribution in [1.82, 2.24) is 5.32 Å². The van der Waals surface area contributed by atoms with Crippen LogP contribution in [-0.4, -0.2) is 40.2 Å². The minimum Gasteiger partial charge on any atom is -0.394 e.